The fourth-order valence-electron chi connectivity index (χ4n) is 3.86. The Morgan fingerprint density at radius 3 is 1.05 bits per heavy atom. The van der Waals surface area contributed by atoms with Crippen LogP contribution in [-0.4, -0.2) is 75.5 Å². The van der Waals surface area contributed by atoms with Gasteiger partial charge in [0.25, 0.3) is 0 Å². The van der Waals surface area contributed by atoms with Crippen molar-refractivity contribution in [3.8, 4) is 0 Å². The van der Waals surface area contributed by atoms with Gasteiger partial charge in [-0.3, -0.25) is 0 Å². The van der Waals surface area contributed by atoms with Gasteiger partial charge in [0.05, 0.1) is 13.2 Å². The minimum Gasteiger partial charge on any atom is -0.462 e. The van der Waals surface area contributed by atoms with Gasteiger partial charge >= 0.3 is 20.7 Å². The van der Waals surface area contributed by atoms with Crippen molar-refractivity contribution in [2.75, 3.05) is 13.2 Å². The van der Waals surface area contributed by atoms with Crippen LogP contribution in [0.15, 0.2) is 24.3 Å². The van der Waals surface area contributed by atoms with Crippen molar-refractivity contribution in [2.45, 2.75) is 130 Å². The molecule has 0 fully saturated rings. The van der Waals surface area contributed by atoms with E-state index in [1.165, 1.54) is 0 Å². The average Bonchev–Trinajstić information content (AvgIpc) is 2.68. The van der Waals surface area contributed by atoms with Crippen LogP contribution in [0.1, 0.15) is 26.7 Å². The summed E-state index contributed by atoms with van der Waals surface area (Å²) < 4.78 is 36.2. The Morgan fingerprint density at radius 2 is 0.786 bits per heavy atom. The summed E-state index contributed by atoms with van der Waals surface area (Å²) in [6.07, 6.45) is 1.55. The molecular formula is C28H64O8Si6. The number of hydrogen-bond donors (Lipinski definition) is 0. The van der Waals surface area contributed by atoms with E-state index in [-0.39, 0.29) is 11.9 Å². The van der Waals surface area contributed by atoms with Gasteiger partial charge in [-0.15, -0.1) is 0 Å². The van der Waals surface area contributed by atoms with Crippen LogP contribution in [-0.2, 0) is 35.5 Å². The van der Waals surface area contributed by atoms with Gasteiger partial charge in [-0.25, -0.2) is 9.59 Å². The summed E-state index contributed by atoms with van der Waals surface area (Å²) >= 11 is 0. The minimum atomic E-state index is -2.83. The predicted molar refractivity (Wildman–Crippen MR) is 191 cm³/mol. The molecule has 0 saturated heterocycles. The Hall–Kier alpha value is -0.439. The van der Waals surface area contributed by atoms with Crippen LogP contribution in [0.5, 0.6) is 0 Å². The van der Waals surface area contributed by atoms with Crippen LogP contribution < -0.4 is 0 Å². The Kier molecular flexibility index (Phi) is 18.6. The van der Waals surface area contributed by atoms with Crippen LogP contribution in [0, 0.1) is 0 Å². The lowest BCUT2D eigenvalue weighted by molar-refractivity contribution is -0.139. The van der Waals surface area contributed by atoms with Gasteiger partial charge in [-0.2, -0.15) is 0 Å². The molecule has 0 N–H and O–H groups in total. The molecule has 0 radical (unpaired) electrons. The zero-order chi connectivity index (χ0) is 33.8. The molecule has 0 aliphatic rings. The van der Waals surface area contributed by atoms with Crippen LogP contribution in [0.25, 0.3) is 0 Å². The SMILES string of the molecule is C=C(C)C(=O)OCCC[Si](C)(C)O[Si](C)(C)C.C=C(C)C(=O)OCCC[Si](O[Si](C)(C)C)(O[Si](C)(C)C)O[Si](C)(C)C. The summed E-state index contributed by atoms with van der Waals surface area (Å²) in [6.45, 7) is 41.8. The van der Waals surface area contributed by atoms with Crippen LogP contribution in [0.4, 0.5) is 0 Å². The Bertz CT molecular complexity index is 840. The molecule has 8 nitrogen and oxygen atoms in total. The van der Waals surface area contributed by atoms with Crippen molar-refractivity contribution in [3.63, 3.8) is 0 Å². The summed E-state index contributed by atoms with van der Waals surface area (Å²) in [4.78, 5) is 22.7. The summed E-state index contributed by atoms with van der Waals surface area (Å²) in [5.74, 6) is -0.647. The Morgan fingerprint density at radius 1 is 0.500 bits per heavy atom. The van der Waals surface area contributed by atoms with Crippen LogP contribution in [0.2, 0.25) is 104 Å². The third-order valence-corrected chi connectivity index (χ3v) is 22.9. The quantitative estimate of drug-likeness (QED) is 0.0610. The van der Waals surface area contributed by atoms with E-state index < -0.39 is 50.4 Å². The average molecular weight is 697 g/mol. The largest absolute Gasteiger partial charge is 0.469 e. The highest BCUT2D eigenvalue weighted by Crippen LogP contribution is 2.30. The molecule has 0 atom stereocenters. The van der Waals surface area contributed by atoms with Gasteiger partial charge in [-0.1, -0.05) is 13.2 Å². The third-order valence-electron chi connectivity index (χ3n) is 4.68. The fraction of sp³-hybridized carbons (Fsp3) is 0.786. The third kappa shape index (κ3) is 26.0. The number of carbonyl (C=O) groups is 2. The lowest BCUT2D eigenvalue weighted by Gasteiger charge is -2.42. The molecule has 42 heavy (non-hydrogen) atoms. The molecule has 0 heterocycles. The molecule has 0 aliphatic carbocycles. The number of rotatable bonds is 18. The predicted octanol–water partition coefficient (Wildman–Crippen LogP) is 8.54. The van der Waals surface area contributed by atoms with Crippen LogP contribution in [0.3, 0.4) is 0 Å². The lowest BCUT2D eigenvalue weighted by Crippen LogP contribution is -2.60. The van der Waals surface area contributed by atoms with Crippen molar-refractivity contribution in [3.05, 3.63) is 24.3 Å². The smallest absolute Gasteiger partial charge is 0.462 e. The highest BCUT2D eigenvalue weighted by molar-refractivity contribution is 6.90. The number of esters is 2. The minimum absolute atomic E-state index is 0.296. The molecular weight excluding hydrogens is 633 g/mol. The molecule has 0 amide bonds. The molecule has 0 bridgehead atoms. The molecule has 248 valence electrons. The van der Waals surface area contributed by atoms with E-state index in [0.717, 1.165) is 12.5 Å². The van der Waals surface area contributed by atoms with E-state index in [1.807, 2.05) is 0 Å². The van der Waals surface area contributed by atoms with E-state index in [9.17, 15) is 9.59 Å². The standard InChI is InChI=1S/C16H38O5Si4.C12H26O3Si2/c1-15(2)16(17)18-13-12-14-25(19-22(3,4)5,20-23(6,7)8)21-24(9,10)11;1-11(2)12(13)14-9-8-10-17(6,7)15-16(3,4)5/h1,12-14H2,2-11H3;1,8-10H2,2-7H3. The number of carbonyl (C=O) groups excluding carboxylic acids is 2. The molecule has 14 heteroatoms. The van der Waals surface area contributed by atoms with E-state index in [1.54, 1.807) is 13.8 Å². The lowest BCUT2D eigenvalue weighted by atomic mass is 10.4. The van der Waals surface area contributed by atoms with Gasteiger partial charge in [-0.05, 0) is 124 Å². The fourth-order valence-corrected chi connectivity index (χ4v) is 26.5. The molecule has 0 aromatic carbocycles. The van der Waals surface area contributed by atoms with Crippen molar-refractivity contribution in [1.82, 2.24) is 0 Å². The molecule has 0 unspecified atom stereocenters. The van der Waals surface area contributed by atoms with E-state index in [2.05, 4.69) is 105 Å². The van der Waals surface area contributed by atoms with Crippen molar-refractivity contribution in [2.24, 2.45) is 0 Å². The molecule has 0 saturated carbocycles. The summed E-state index contributed by atoms with van der Waals surface area (Å²) in [5.41, 5.74) is 0.874. The molecule has 0 spiro atoms. The second kappa shape index (κ2) is 17.9. The maximum absolute atomic E-state index is 11.6. The summed E-state index contributed by atoms with van der Waals surface area (Å²) in [6, 6.07) is 1.70. The Labute approximate surface area is 264 Å². The van der Waals surface area contributed by atoms with Gasteiger partial charge in [0, 0.05) is 17.2 Å². The van der Waals surface area contributed by atoms with E-state index >= 15 is 0 Å². The maximum Gasteiger partial charge on any atom is 0.469 e. The van der Waals surface area contributed by atoms with E-state index in [0.29, 0.717) is 36.8 Å². The molecule has 0 rings (SSSR count). The first-order valence-corrected chi connectivity index (χ1v) is 33.6. The Balaban J connectivity index is 0. The molecule has 0 aromatic heterocycles. The maximum atomic E-state index is 11.6. The van der Waals surface area contributed by atoms with Crippen LogP contribution >= 0.6 is 0 Å². The van der Waals surface area contributed by atoms with Crippen molar-refractivity contribution in [1.29, 1.82) is 0 Å². The first-order valence-electron chi connectivity index (χ1n) is 14.9. The zero-order valence-corrected chi connectivity index (χ0v) is 35.9. The monoisotopic (exact) mass is 696 g/mol. The normalized spacial score (nSPS) is 13.1. The van der Waals surface area contributed by atoms with Gasteiger partial charge in [0.2, 0.25) is 0 Å². The van der Waals surface area contributed by atoms with Crippen molar-refractivity contribution < 1.29 is 35.5 Å². The first kappa shape index (κ1) is 43.7. The second-order valence-electron chi connectivity index (χ2n) is 15.3. The topological polar surface area (TPSA) is 89.5 Å². The van der Waals surface area contributed by atoms with Gasteiger partial charge < -0.3 is 25.9 Å². The summed E-state index contributed by atoms with van der Waals surface area (Å²) in [5, 5.41) is 0. The summed E-state index contributed by atoms with van der Waals surface area (Å²) in [7, 11) is -11.4. The number of ether oxygens (including phenoxy) is 2. The highest BCUT2D eigenvalue weighted by atomic mass is 28.5. The highest BCUT2D eigenvalue weighted by Gasteiger charge is 2.49. The van der Waals surface area contributed by atoms with Crippen molar-refractivity contribution >= 4 is 62.3 Å². The molecule has 0 aliphatic heterocycles. The van der Waals surface area contributed by atoms with Gasteiger partial charge in [0.15, 0.2) is 41.6 Å². The van der Waals surface area contributed by atoms with Gasteiger partial charge in [0.1, 0.15) is 0 Å². The first-order chi connectivity index (χ1) is 18.5. The number of hydrogen-bond acceptors (Lipinski definition) is 8. The second-order valence-corrected chi connectivity index (χ2v) is 41.4. The van der Waals surface area contributed by atoms with E-state index in [4.69, 9.17) is 25.9 Å². The zero-order valence-electron chi connectivity index (χ0n) is 29.9. The molecule has 0 aromatic rings.